The van der Waals surface area contributed by atoms with Gasteiger partial charge in [0.05, 0.1) is 12.1 Å². The Morgan fingerprint density at radius 3 is 2.60 bits per heavy atom. The second-order valence-corrected chi connectivity index (χ2v) is 6.68. The highest BCUT2D eigenvalue weighted by Gasteiger charge is 2.36. The van der Waals surface area contributed by atoms with Crippen molar-refractivity contribution in [3.8, 4) is 0 Å². The van der Waals surface area contributed by atoms with Crippen molar-refractivity contribution in [3.63, 3.8) is 0 Å². The molecular weight excluding hydrogens is 321 g/mol. The van der Waals surface area contributed by atoms with Gasteiger partial charge in [-0.1, -0.05) is 31.4 Å². The highest BCUT2D eigenvalue weighted by Crippen LogP contribution is 2.40. The molecule has 25 heavy (non-hydrogen) atoms. The Morgan fingerprint density at radius 2 is 1.92 bits per heavy atom. The summed E-state index contributed by atoms with van der Waals surface area (Å²) in [5.41, 5.74) is 6.36. The second-order valence-electron chi connectivity index (χ2n) is 6.68. The number of rotatable bonds is 3. The predicted octanol–water partition coefficient (Wildman–Crippen LogP) is 3.32. The summed E-state index contributed by atoms with van der Waals surface area (Å²) >= 11 is 0. The number of allylic oxidation sites excluding steroid dienone is 2. The summed E-state index contributed by atoms with van der Waals surface area (Å²) in [7, 11) is 0. The fourth-order valence-electron chi connectivity index (χ4n) is 3.90. The molecule has 0 amide bonds. The Hall–Kier alpha value is -2.47. The molecule has 6 heteroatoms. The largest absolute Gasteiger partial charge is 0.478 e. The van der Waals surface area contributed by atoms with E-state index in [2.05, 4.69) is 10.4 Å². The highest BCUT2D eigenvalue weighted by molar-refractivity contribution is 6.12. The number of carboxylic acids is 1. The molecule has 0 aromatic heterocycles. The molecule has 0 bridgehead atoms. The van der Waals surface area contributed by atoms with E-state index in [1.807, 2.05) is 5.01 Å². The average Bonchev–Trinajstić information content (AvgIpc) is 3.06. The average molecular weight is 341 g/mol. The van der Waals surface area contributed by atoms with Crippen LogP contribution in [-0.4, -0.2) is 28.8 Å². The van der Waals surface area contributed by atoms with Crippen molar-refractivity contribution in [3.05, 3.63) is 52.7 Å². The molecule has 130 valence electrons. The normalized spacial score (nSPS) is 21.1. The number of aliphatic carboxylic acids is 1. The second kappa shape index (κ2) is 6.44. The van der Waals surface area contributed by atoms with Crippen LogP contribution in [0.4, 0.5) is 4.39 Å². The zero-order valence-corrected chi connectivity index (χ0v) is 13.8. The van der Waals surface area contributed by atoms with Crippen molar-refractivity contribution in [1.29, 1.82) is 0 Å². The van der Waals surface area contributed by atoms with Gasteiger partial charge in [-0.3, -0.25) is 5.01 Å². The Morgan fingerprint density at radius 1 is 1.20 bits per heavy atom. The fraction of sp³-hybridized carbons (Fsp3) is 0.368. The van der Waals surface area contributed by atoms with Crippen LogP contribution in [0.15, 0.2) is 46.3 Å². The number of hydrogen-bond acceptors (Lipinski definition) is 4. The molecule has 5 nitrogen and oxygen atoms in total. The topological polar surface area (TPSA) is 64.9 Å². The molecule has 2 aliphatic heterocycles. The maximum absolute atomic E-state index is 13.3. The molecule has 1 fully saturated rings. The molecule has 2 heterocycles. The molecule has 0 unspecified atom stereocenters. The van der Waals surface area contributed by atoms with E-state index >= 15 is 0 Å². The minimum Gasteiger partial charge on any atom is -0.478 e. The van der Waals surface area contributed by atoms with Crippen LogP contribution in [0.3, 0.4) is 0 Å². The van der Waals surface area contributed by atoms with Crippen molar-refractivity contribution in [1.82, 2.24) is 10.4 Å². The zero-order chi connectivity index (χ0) is 17.4. The maximum atomic E-state index is 13.3. The van der Waals surface area contributed by atoms with E-state index in [4.69, 9.17) is 0 Å². The Kier molecular flexibility index (Phi) is 4.13. The standard InChI is InChI=1S/C19H20FN3O2/c20-14-8-6-12(7-9-14)15-10-21-18-16(19(24)25)11-22-23(18)17(15)13-4-2-1-3-5-13/h6-10,13,22H,1-5,11H2,(H,24,25). The van der Waals surface area contributed by atoms with E-state index in [1.165, 1.54) is 31.4 Å². The number of benzene rings is 1. The van der Waals surface area contributed by atoms with E-state index in [1.54, 1.807) is 18.3 Å². The number of nitrogens with zero attached hydrogens (tertiary/aromatic N) is 2. The van der Waals surface area contributed by atoms with Gasteiger partial charge >= 0.3 is 5.97 Å². The molecule has 1 aromatic carbocycles. The van der Waals surface area contributed by atoms with Crippen molar-refractivity contribution in [2.75, 3.05) is 6.54 Å². The SMILES string of the molecule is O=C(O)C1=C2N=CC(c3ccc(F)cc3)=C(C3CCCCC3)N2NC1. The number of aliphatic imine (C=N–C) groups is 1. The van der Waals surface area contributed by atoms with Gasteiger partial charge in [0.15, 0.2) is 5.82 Å². The van der Waals surface area contributed by atoms with Crippen LogP contribution in [0.1, 0.15) is 37.7 Å². The van der Waals surface area contributed by atoms with Gasteiger partial charge in [0.1, 0.15) is 5.82 Å². The minimum atomic E-state index is -0.949. The molecule has 4 rings (SSSR count). The summed E-state index contributed by atoms with van der Waals surface area (Å²) in [5, 5.41) is 11.3. The lowest BCUT2D eigenvalue weighted by molar-refractivity contribution is -0.132. The van der Waals surface area contributed by atoms with Crippen molar-refractivity contribution >= 4 is 17.8 Å². The third-order valence-electron chi connectivity index (χ3n) is 5.13. The van der Waals surface area contributed by atoms with Crippen LogP contribution >= 0.6 is 0 Å². The summed E-state index contributed by atoms with van der Waals surface area (Å²) in [6.07, 6.45) is 7.45. The number of nitrogens with one attached hydrogen (secondary N) is 1. The van der Waals surface area contributed by atoms with Gasteiger partial charge in [-0.2, -0.15) is 0 Å². The van der Waals surface area contributed by atoms with Gasteiger partial charge in [-0.25, -0.2) is 19.6 Å². The number of hydrazine groups is 1. The van der Waals surface area contributed by atoms with E-state index in [0.717, 1.165) is 29.7 Å². The van der Waals surface area contributed by atoms with Gasteiger partial charge in [-0.15, -0.1) is 0 Å². The molecule has 0 spiro atoms. The summed E-state index contributed by atoms with van der Waals surface area (Å²) in [5.74, 6) is -0.408. The predicted molar refractivity (Wildman–Crippen MR) is 92.9 cm³/mol. The summed E-state index contributed by atoms with van der Waals surface area (Å²) in [6, 6.07) is 6.39. The first-order valence-electron chi connectivity index (χ1n) is 8.69. The number of halogens is 1. The number of carboxylic acid groups (broad SMARTS) is 1. The lowest BCUT2D eigenvalue weighted by Gasteiger charge is -2.35. The van der Waals surface area contributed by atoms with Gasteiger partial charge in [0, 0.05) is 23.4 Å². The van der Waals surface area contributed by atoms with Gasteiger partial charge in [0.25, 0.3) is 0 Å². The smallest absolute Gasteiger partial charge is 0.336 e. The Labute approximate surface area is 145 Å². The van der Waals surface area contributed by atoms with E-state index in [-0.39, 0.29) is 17.9 Å². The first-order valence-corrected chi connectivity index (χ1v) is 8.69. The number of carbonyl (C=O) groups is 1. The molecule has 1 aromatic rings. The van der Waals surface area contributed by atoms with E-state index in [9.17, 15) is 14.3 Å². The first-order chi connectivity index (χ1) is 12.1. The van der Waals surface area contributed by atoms with Crippen LogP contribution in [0.25, 0.3) is 5.57 Å². The van der Waals surface area contributed by atoms with Gasteiger partial charge < -0.3 is 5.11 Å². The molecule has 0 radical (unpaired) electrons. The Balaban J connectivity index is 1.82. The van der Waals surface area contributed by atoms with E-state index in [0.29, 0.717) is 11.7 Å². The van der Waals surface area contributed by atoms with Crippen molar-refractivity contribution in [2.45, 2.75) is 32.1 Å². The molecule has 2 N–H and O–H groups in total. The van der Waals surface area contributed by atoms with Crippen LogP contribution in [0.2, 0.25) is 0 Å². The van der Waals surface area contributed by atoms with Crippen LogP contribution in [0.5, 0.6) is 0 Å². The lowest BCUT2D eigenvalue weighted by Crippen LogP contribution is -2.37. The van der Waals surface area contributed by atoms with Gasteiger partial charge in [-0.05, 0) is 30.5 Å². The number of fused-ring (bicyclic) bond motifs is 1. The van der Waals surface area contributed by atoms with Crippen LogP contribution in [-0.2, 0) is 4.79 Å². The van der Waals surface area contributed by atoms with Gasteiger partial charge in [0.2, 0.25) is 0 Å². The van der Waals surface area contributed by atoms with E-state index < -0.39 is 5.97 Å². The molecule has 0 atom stereocenters. The minimum absolute atomic E-state index is 0.259. The molecule has 0 saturated heterocycles. The molecule has 1 saturated carbocycles. The lowest BCUT2D eigenvalue weighted by atomic mass is 9.83. The number of hydrogen-bond donors (Lipinski definition) is 2. The quantitative estimate of drug-likeness (QED) is 0.885. The maximum Gasteiger partial charge on any atom is 0.336 e. The van der Waals surface area contributed by atoms with Crippen molar-refractivity contribution in [2.24, 2.45) is 10.9 Å². The summed E-state index contributed by atoms with van der Waals surface area (Å²) < 4.78 is 13.3. The summed E-state index contributed by atoms with van der Waals surface area (Å²) in [4.78, 5) is 15.9. The Bertz CT molecular complexity index is 789. The third kappa shape index (κ3) is 2.87. The zero-order valence-electron chi connectivity index (χ0n) is 13.8. The molecule has 3 aliphatic rings. The highest BCUT2D eigenvalue weighted by atomic mass is 19.1. The molecule has 1 aliphatic carbocycles. The van der Waals surface area contributed by atoms with Crippen LogP contribution in [0, 0.1) is 11.7 Å². The van der Waals surface area contributed by atoms with Crippen LogP contribution < -0.4 is 5.43 Å². The molecular formula is C19H20FN3O2. The summed E-state index contributed by atoms with van der Waals surface area (Å²) in [6.45, 7) is 0.259. The third-order valence-corrected chi connectivity index (χ3v) is 5.13. The monoisotopic (exact) mass is 341 g/mol. The van der Waals surface area contributed by atoms with Crippen molar-refractivity contribution < 1.29 is 14.3 Å². The first kappa shape index (κ1) is 16.0. The fourth-order valence-corrected chi connectivity index (χ4v) is 3.90.